The Labute approximate surface area is 101 Å². The van der Waals surface area contributed by atoms with E-state index in [1.54, 1.807) is 12.0 Å². The van der Waals surface area contributed by atoms with Crippen LogP contribution in [0.4, 0.5) is 4.79 Å². The molecule has 2 N–H and O–H groups in total. The summed E-state index contributed by atoms with van der Waals surface area (Å²) in [6.07, 6.45) is 2.17. The molecule has 0 spiro atoms. The molecule has 1 rings (SSSR count). The highest BCUT2D eigenvalue weighted by Crippen LogP contribution is 2.16. The number of urea groups is 1. The van der Waals surface area contributed by atoms with Gasteiger partial charge in [0.05, 0.1) is 5.92 Å². The third-order valence-electron chi connectivity index (χ3n) is 2.86. The number of carboxylic acid groups (broad SMARTS) is 1. The standard InChI is InChI=1S/C11H20N2O4/c1-17-7-3-5-12-11(16)13-6-2-4-9(8-13)10(14)15/h9H,2-8H2,1H3,(H,12,16)(H,14,15). The lowest BCUT2D eigenvalue weighted by Crippen LogP contribution is -2.47. The van der Waals surface area contributed by atoms with Crippen LogP contribution >= 0.6 is 0 Å². The number of carboxylic acids is 1. The van der Waals surface area contributed by atoms with Crippen LogP contribution in [0.15, 0.2) is 0 Å². The van der Waals surface area contributed by atoms with Gasteiger partial charge in [0.15, 0.2) is 0 Å². The number of amides is 2. The zero-order valence-corrected chi connectivity index (χ0v) is 10.1. The molecule has 6 nitrogen and oxygen atoms in total. The van der Waals surface area contributed by atoms with E-state index in [2.05, 4.69) is 5.32 Å². The van der Waals surface area contributed by atoms with Crippen LogP contribution in [-0.4, -0.2) is 55.4 Å². The van der Waals surface area contributed by atoms with Crippen molar-refractivity contribution in [2.75, 3.05) is 33.4 Å². The summed E-state index contributed by atoms with van der Waals surface area (Å²) in [4.78, 5) is 24.1. The molecule has 1 aliphatic rings. The first-order valence-corrected chi connectivity index (χ1v) is 5.89. The molecule has 1 fully saturated rings. The number of piperidine rings is 1. The Hall–Kier alpha value is -1.30. The predicted octanol–water partition coefficient (Wildman–Crippen LogP) is 0.529. The van der Waals surface area contributed by atoms with E-state index in [0.29, 0.717) is 32.7 Å². The van der Waals surface area contributed by atoms with Crippen molar-refractivity contribution in [2.45, 2.75) is 19.3 Å². The second-order valence-corrected chi connectivity index (χ2v) is 4.20. The van der Waals surface area contributed by atoms with Crippen LogP contribution in [0.3, 0.4) is 0 Å². The lowest BCUT2D eigenvalue weighted by Gasteiger charge is -2.30. The molecule has 1 atom stereocenters. The number of ether oxygens (including phenoxy) is 1. The highest BCUT2D eigenvalue weighted by Gasteiger charge is 2.27. The van der Waals surface area contributed by atoms with Gasteiger partial charge in [-0.3, -0.25) is 4.79 Å². The highest BCUT2D eigenvalue weighted by atomic mass is 16.5. The summed E-state index contributed by atoms with van der Waals surface area (Å²) in [5, 5.41) is 11.7. The van der Waals surface area contributed by atoms with E-state index in [9.17, 15) is 9.59 Å². The number of hydrogen-bond acceptors (Lipinski definition) is 3. The monoisotopic (exact) mass is 244 g/mol. The molecular weight excluding hydrogens is 224 g/mol. The molecule has 17 heavy (non-hydrogen) atoms. The van der Waals surface area contributed by atoms with Gasteiger partial charge in [-0.05, 0) is 19.3 Å². The van der Waals surface area contributed by atoms with Gasteiger partial charge in [-0.25, -0.2) is 4.79 Å². The summed E-state index contributed by atoms with van der Waals surface area (Å²) >= 11 is 0. The van der Waals surface area contributed by atoms with E-state index >= 15 is 0 Å². The van der Waals surface area contributed by atoms with Gasteiger partial charge in [0.2, 0.25) is 0 Å². The first-order valence-electron chi connectivity index (χ1n) is 5.89. The van der Waals surface area contributed by atoms with Gasteiger partial charge in [0.25, 0.3) is 0 Å². The zero-order valence-electron chi connectivity index (χ0n) is 10.1. The number of carbonyl (C=O) groups excluding carboxylic acids is 1. The summed E-state index contributed by atoms with van der Waals surface area (Å²) in [6, 6.07) is -0.174. The van der Waals surface area contributed by atoms with E-state index < -0.39 is 11.9 Å². The van der Waals surface area contributed by atoms with Crippen LogP contribution in [0.1, 0.15) is 19.3 Å². The van der Waals surface area contributed by atoms with E-state index in [0.717, 1.165) is 12.8 Å². The highest BCUT2D eigenvalue weighted by molar-refractivity contribution is 5.76. The summed E-state index contributed by atoms with van der Waals surface area (Å²) in [7, 11) is 1.61. The molecule has 0 aromatic rings. The first kappa shape index (κ1) is 13.8. The van der Waals surface area contributed by atoms with Crippen molar-refractivity contribution in [3.8, 4) is 0 Å². The van der Waals surface area contributed by atoms with Gasteiger partial charge in [0.1, 0.15) is 0 Å². The second-order valence-electron chi connectivity index (χ2n) is 4.20. The Bertz CT molecular complexity index is 270. The molecule has 98 valence electrons. The van der Waals surface area contributed by atoms with Crippen molar-refractivity contribution in [1.29, 1.82) is 0 Å². The molecule has 1 unspecified atom stereocenters. The van der Waals surface area contributed by atoms with Crippen molar-refractivity contribution in [3.63, 3.8) is 0 Å². The Morgan fingerprint density at radius 1 is 1.53 bits per heavy atom. The molecule has 0 aromatic heterocycles. The Kier molecular flexibility index (Phi) is 5.76. The minimum Gasteiger partial charge on any atom is -0.481 e. The maximum absolute atomic E-state index is 11.7. The van der Waals surface area contributed by atoms with E-state index in [1.807, 2.05) is 0 Å². The quantitative estimate of drug-likeness (QED) is 0.691. The van der Waals surface area contributed by atoms with Gasteiger partial charge in [0, 0.05) is 33.4 Å². The fourth-order valence-corrected chi connectivity index (χ4v) is 1.89. The number of hydrogen-bond donors (Lipinski definition) is 2. The van der Waals surface area contributed by atoms with Gasteiger partial charge in [-0.15, -0.1) is 0 Å². The minimum absolute atomic E-state index is 0.174. The summed E-state index contributed by atoms with van der Waals surface area (Å²) in [5.74, 6) is -1.24. The van der Waals surface area contributed by atoms with Crippen LogP contribution in [0.5, 0.6) is 0 Å². The lowest BCUT2D eigenvalue weighted by atomic mass is 9.99. The normalized spacial score (nSPS) is 20.1. The molecule has 1 aliphatic heterocycles. The minimum atomic E-state index is -0.818. The molecule has 0 aromatic carbocycles. The third-order valence-corrected chi connectivity index (χ3v) is 2.86. The third kappa shape index (κ3) is 4.60. The van der Waals surface area contributed by atoms with Crippen LogP contribution in [0.25, 0.3) is 0 Å². The molecule has 0 bridgehead atoms. The summed E-state index contributed by atoms with van der Waals surface area (Å²) in [5.41, 5.74) is 0. The smallest absolute Gasteiger partial charge is 0.317 e. The van der Waals surface area contributed by atoms with Gasteiger partial charge in [-0.1, -0.05) is 0 Å². The number of nitrogens with zero attached hydrogens (tertiary/aromatic N) is 1. The van der Waals surface area contributed by atoms with E-state index in [1.165, 1.54) is 0 Å². The fraction of sp³-hybridized carbons (Fsp3) is 0.818. The number of carbonyl (C=O) groups is 2. The van der Waals surface area contributed by atoms with Crippen molar-refractivity contribution in [3.05, 3.63) is 0 Å². The number of nitrogens with one attached hydrogen (secondary N) is 1. The molecular formula is C11H20N2O4. The topological polar surface area (TPSA) is 78.9 Å². The second kappa shape index (κ2) is 7.11. The maximum Gasteiger partial charge on any atom is 0.317 e. The molecule has 1 saturated heterocycles. The molecule has 0 aliphatic carbocycles. The Balaban J connectivity index is 2.28. The van der Waals surface area contributed by atoms with Crippen LogP contribution in [0.2, 0.25) is 0 Å². The average Bonchev–Trinajstić information content (AvgIpc) is 2.34. The van der Waals surface area contributed by atoms with Crippen molar-refractivity contribution in [1.82, 2.24) is 10.2 Å². The van der Waals surface area contributed by atoms with E-state index in [-0.39, 0.29) is 6.03 Å². The molecule has 0 radical (unpaired) electrons. The van der Waals surface area contributed by atoms with Gasteiger partial charge in [-0.2, -0.15) is 0 Å². The van der Waals surface area contributed by atoms with Crippen LogP contribution in [-0.2, 0) is 9.53 Å². The van der Waals surface area contributed by atoms with Crippen molar-refractivity contribution < 1.29 is 19.4 Å². The summed E-state index contributed by atoms with van der Waals surface area (Å²) < 4.78 is 4.88. The SMILES string of the molecule is COCCCNC(=O)N1CCCC(C(=O)O)C1. The van der Waals surface area contributed by atoms with Crippen LogP contribution in [0, 0.1) is 5.92 Å². The molecule has 1 heterocycles. The largest absolute Gasteiger partial charge is 0.481 e. The number of rotatable bonds is 5. The Morgan fingerprint density at radius 2 is 2.29 bits per heavy atom. The predicted molar refractivity (Wildman–Crippen MR) is 61.8 cm³/mol. The number of aliphatic carboxylic acids is 1. The Morgan fingerprint density at radius 3 is 2.94 bits per heavy atom. The van der Waals surface area contributed by atoms with Gasteiger partial charge < -0.3 is 20.1 Å². The van der Waals surface area contributed by atoms with Crippen LogP contribution < -0.4 is 5.32 Å². The first-order chi connectivity index (χ1) is 8.15. The number of likely N-dealkylation sites (tertiary alicyclic amines) is 1. The van der Waals surface area contributed by atoms with Gasteiger partial charge >= 0.3 is 12.0 Å². The zero-order chi connectivity index (χ0) is 12.7. The van der Waals surface area contributed by atoms with Crippen molar-refractivity contribution in [2.24, 2.45) is 5.92 Å². The summed E-state index contributed by atoms with van der Waals surface area (Å²) in [6.45, 7) is 2.12. The molecule has 0 saturated carbocycles. The van der Waals surface area contributed by atoms with Crippen molar-refractivity contribution >= 4 is 12.0 Å². The molecule has 2 amide bonds. The maximum atomic E-state index is 11.7. The molecule has 6 heteroatoms. The number of methoxy groups -OCH3 is 1. The average molecular weight is 244 g/mol. The lowest BCUT2D eigenvalue weighted by molar-refractivity contribution is -0.143. The van der Waals surface area contributed by atoms with E-state index in [4.69, 9.17) is 9.84 Å². The fourth-order valence-electron chi connectivity index (χ4n) is 1.89.